The summed E-state index contributed by atoms with van der Waals surface area (Å²) in [6.45, 7) is 1.19. The third-order valence-corrected chi connectivity index (χ3v) is 4.37. The first kappa shape index (κ1) is 22.5. The van der Waals surface area contributed by atoms with Crippen LogP contribution in [0.15, 0.2) is 65.9 Å². The minimum atomic E-state index is 0. The van der Waals surface area contributed by atoms with Gasteiger partial charge in [0, 0.05) is 38.1 Å². The molecule has 0 unspecified atom stereocenters. The summed E-state index contributed by atoms with van der Waals surface area (Å²) in [5.74, 6) is 1.60. The number of aromatic hydroxyl groups is 1. The minimum Gasteiger partial charge on any atom is -0.508 e. The number of guanidine groups is 1. The van der Waals surface area contributed by atoms with Gasteiger partial charge in [-0.1, -0.05) is 12.1 Å². The molecule has 0 radical (unpaired) electrons. The molecule has 0 aliphatic rings. The van der Waals surface area contributed by atoms with Crippen LogP contribution in [-0.2, 0) is 13.0 Å². The molecule has 29 heavy (non-hydrogen) atoms. The summed E-state index contributed by atoms with van der Waals surface area (Å²) in [6, 6.07) is 15.4. The number of hydrogen-bond donors (Lipinski definition) is 3. The zero-order valence-electron chi connectivity index (χ0n) is 16.5. The summed E-state index contributed by atoms with van der Waals surface area (Å²) < 4.78 is 7.03. The molecule has 3 aromatic rings. The Morgan fingerprint density at radius 3 is 2.62 bits per heavy atom. The second-order valence-corrected chi connectivity index (χ2v) is 6.21. The second-order valence-electron chi connectivity index (χ2n) is 6.21. The van der Waals surface area contributed by atoms with Gasteiger partial charge in [0.1, 0.15) is 11.5 Å². The maximum Gasteiger partial charge on any atom is 0.191 e. The van der Waals surface area contributed by atoms with E-state index in [1.165, 1.54) is 5.56 Å². The quantitative estimate of drug-likeness (QED) is 0.260. The molecule has 0 saturated heterocycles. The highest BCUT2D eigenvalue weighted by Gasteiger charge is 2.05. The fraction of sp³-hybridized carbons (Fsp3) is 0.238. The Balaban J connectivity index is 0.00000300. The topological polar surface area (TPSA) is 83.7 Å². The molecule has 0 bridgehead atoms. The monoisotopic (exact) mass is 507 g/mol. The third kappa shape index (κ3) is 6.38. The Hall–Kier alpha value is -2.75. The molecule has 3 rings (SSSR count). The number of hydrogen-bond acceptors (Lipinski definition) is 4. The molecule has 0 spiro atoms. The number of ether oxygens (including phenoxy) is 1. The number of aliphatic imine (C=N–C) groups is 1. The van der Waals surface area contributed by atoms with Crippen LogP contribution in [0.4, 0.5) is 0 Å². The molecule has 0 fully saturated rings. The zero-order valence-corrected chi connectivity index (χ0v) is 18.8. The van der Waals surface area contributed by atoms with E-state index in [1.54, 1.807) is 38.6 Å². The summed E-state index contributed by atoms with van der Waals surface area (Å²) in [5.41, 5.74) is 3.01. The van der Waals surface area contributed by atoms with Crippen molar-refractivity contribution >= 4 is 29.9 Å². The van der Waals surface area contributed by atoms with Crippen molar-refractivity contribution in [3.63, 3.8) is 0 Å². The van der Waals surface area contributed by atoms with Crippen molar-refractivity contribution < 1.29 is 9.84 Å². The maximum absolute atomic E-state index is 9.97. The number of phenolic OH excluding ortho intramolecular Hbond substituents is 1. The summed E-state index contributed by atoms with van der Waals surface area (Å²) >= 11 is 0. The Labute approximate surface area is 187 Å². The van der Waals surface area contributed by atoms with Gasteiger partial charge < -0.3 is 20.5 Å². The fourth-order valence-electron chi connectivity index (χ4n) is 2.79. The third-order valence-electron chi connectivity index (χ3n) is 4.37. The van der Waals surface area contributed by atoms with Crippen molar-refractivity contribution in [2.24, 2.45) is 4.99 Å². The molecule has 0 atom stereocenters. The molecular weight excluding hydrogens is 481 g/mol. The predicted molar refractivity (Wildman–Crippen MR) is 126 cm³/mol. The van der Waals surface area contributed by atoms with Gasteiger partial charge in [0.05, 0.1) is 12.8 Å². The Morgan fingerprint density at radius 1 is 1.17 bits per heavy atom. The van der Waals surface area contributed by atoms with Crippen molar-refractivity contribution in [3.8, 4) is 17.2 Å². The lowest BCUT2D eigenvalue weighted by Crippen LogP contribution is -2.37. The molecule has 3 N–H and O–H groups in total. The number of rotatable bonds is 7. The van der Waals surface area contributed by atoms with Crippen LogP contribution in [0.5, 0.6) is 11.5 Å². The smallest absolute Gasteiger partial charge is 0.191 e. The zero-order chi connectivity index (χ0) is 19.8. The van der Waals surface area contributed by atoms with Crippen molar-refractivity contribution in [2.75, 3.05) is 20.7 Å². The number of benzene rings is 2. The van der Waals surface area contributed by atoms with Gasteiger partial charge >= 0.3 is 0 Å². The molecule has 2 aromatic carbocycles. The van der Waals surface area contributed by atoms with Crippen LogP contribution in [0.3, 0.4) is 0 Å². The Kier molecular flexibility index (Phi) is 8.78. The first-order valence-corrected chi connectivity index (χ1v) is 9.09. The molecular formula is C21H26IN5O2. The van der Waals surface area contributed by atoms with Crippen molar-refractivity contribution in [2.45, 2.75) is 13.0 Å². The van der Waals surface area contributed by atoms with Gasteiger partial charge in [-0.05, 0) is 48.4 Å². The molecule has 0 saturated carbocycles. The second kappa shape index (κ2) is 11.3. The first-order valence-electron chi connectivity index (χ1n) is 9.09. The molecule has 0 aliphatic heterocycles. The van der Waals surface area contributed by atoms with E-state index in [1.807, 2.05) is 16.9 Å². The first-order chi connectivity index (χ1) is 13.7. The lowest BCUT2D eigenvalue weighted by Gasteiger charge is -2.13. The van der Waals surface area contributed by atoms with E-state index in [0.717, 1.165) is 24.2 Å². The lowest BCUT2D eigenvalue weighted by molar-refractivity contribution is 0.410. The van der Waals surface area contributed by atoms with Gasteiger partial charge in [-0.25, -0.2) is 4.68 Å². The number of halogens is 1. The van der Waals surface area contributed by atoms with E-state index in [9.17, 15) is 5.11 Å². The lowest BCUT2D eigenvalue weighted by atomic mass is 10.1. The van der Waals surface area contributed by atoms with Crippen LogP contribution >= 0.6 is 24.0 Å². The van der Waals surface area contributed by atoms with E-state index in [0.29, 0.717) is 18.3 Å². The van der Waals surface area contributed by atoms with E-state index in [2.05, 4.69) is 45.0 Å². The highest BCUT2D eigenvalue weighted by atomic mass is 127. The molecule has 7 nitrogen and oxygen atoms in total. The summed E-state index contributed by atoms with van der Waals surface area (Å²) in [4.78, 5) is 4.22. The SMILES string of the molecule is CN=C(NCCc1ccc(-n2cccn2)cc1)NCc1cc(OC)ccc1O.I. The molecule has 154 valence electrons. The normalized spacial score (nSPS) is 10.9. The average Bonchev–Trinajstić information content (AvgIpc) is 3.27. The van der Waals surface area contributed by atoms with Crippen LogP contribution < -0.4 is 15.4 Å². The van der Waals surface area contributed by atoms with Gasteiger partial charge in [-0.3, -0.25) is 4.99 Å². The van der Waals surface area contributed by atoms with Crippen LogP contribution in [0.2, 0.25) is 0 Å². The van der Waals surface area contributed by atoms with E-state index in [-0.39, 0.29) is 29.7 Å². The summed E-state index contributed by atoms with van der Waals surface area (Å²) in [7, 11) is 3.32. The molecule has 0 aliphatic carbocycles. The molecule has 1 aromatic heterocycles. The van der Waals surface area contributed by atoms with Gasteiger partial charge in [-0.15, -0.1) is 24.0 Å². The number of phenols is 1. The van der Waals surface area contributed by atoms with Gasteiger partial charge in [0.25, 0.3) is 0 Å². The largest absolute Gasteiger partial charge is 0.508 e. The standard InChI is InChI=1S/C21H25N5O2.HI/c1-22-21(24-15-17-14-19(28-2)8-9-20(17)27)23-12-10-16-4-6-18(7-5-16)26-13-3-11-25-26;/h3-9,11,13-14,27H,10,12,15H2,1-2H3,(H2,22,23,24);1H. The van der Waals surface area contributed by atoms with Gasteiger partial charge in [0.15, 0.2) is 5.96 Å². The number of aromatic nitrogens is 2. The van der Waals surface area contributed by atoms with Crippen LogP contribution in [0.1, 0.15) is 11.1 Å². The Morgan fingerprint density at radius 2 is 1.97 bits per heavy atom. The van der Waals surface area contributed by atoms with Crippen LogP contribution in [-0.4, -0.2) is 41.5 Å². The van der Waals surface area contributed by atoms with Gasteiger partial charge in [0.2, 0.25) is 0 Å². The number of methoxy groups -OCH3 is 1. The van der Waals surface area contributed by atoms with E-state index in [4.69, 9.17) is 4.74 Å². The molecule has 0 amide bonds. The van der Waals surface area contributed by atoms with Crippen molar-refractivity contribution in [1.82, 2.24) is 20.4 Å². The van der Waals surface area contributed by atoms with Crippen molar-refractivity contribution in [1.29, 1.82) is 0 Å². The molecule has 8 heteroatoms. The fourth-order valence-corrected chi connectivity index (χ4v) is 2.79. The van der Waals surface area contributed by atoms with Crippen LogP contribution in [0.25, 0.3) is 5.69 Å². The predicted octanol–water partition coefficient (Wildman–Crippen LogP) is 3.11. The number of nitrogens with one attached hydrogen (secondary N) is 2. The maximum atomic E-state index is 9.97. The minimum absolute atomic E-state index is 0. The van der Waals surface area contributed by atoms with Crippen molar-refractivity contribution in [3.05, 3.63) is 72.1 Å². The number of nitrogens with zero attached hydrogens (tertiary/aromatic N) is 3. The summed E-state index contributed by atoms with van der Waals surface area (Å²) in [5, 5.41) is 20.7. The highest BCUT2D eigenvalue weighted by Crippen LogP contribution is 2.22. The van der Waals surface area contributed by atoms with E-state index >= 15 is 0 Å². The van der Waals surface area contributed by atoms with E-state index < -0.39 is 0 Å². The van der Waals surface area contributed by atoms with Gasteiger partial charge in [-0.2, -0.15) is 5.10 Å². The Bertz CT molecular complexity index is 911. The summed E-state index contributed by atoms with van der Waals surface area (Å²) in [6.07, 6.45) is 4.55. The van der Waals surface area contributed by atoms with Crippen LogP contribution in [0, 0.1) is 0 Å². The molecule has 1 heterocycles. The average molecular weight is 507 g/mol. The highest BCUT2D eigenvalue weighted by molar-refractivity contribution is 14.0.